The molecular formula is C28H30N2O7S. The molecule has 4 rings (SSSR count). The van der Waals surface area contributed by atoms with Crippen molar-refractivity contribution < 1.29 is 32.2 Å². The summed E-state index contributed by atoms with van der Waals surface area (Å²) < 4.78 is 45.3. The molecule has 2 aromatic carbocycles. The van der Waals surface area contributed by atoms with Gasteiger partial charge in [-0.15, -0.1) is 0 Å². The van der Waals surface area contributed by atoms with E-state index >= 15 is 0 Å². The molecule has 1 aliphatic heterocycles. The van der Waals surface area contributed by atoms with Crippen LogP contribution in [0.15, 0.2) is 65.6 Å². The number of ether oxygens (including phenoxy) is 3. The number of nitrogens with zero attached hydrogens (tertiary/aromatic N) is 2. The number of aromatic nitrogens is 1. The Balaban J connectivity index is 1.44. The molecule has 1 aromatic heterocycles. The highest BCUT2D eigenvalue weighted by Crippen LogP contribution is 2.29. The van der Waals surface area contributed by atoms with E-state index in [1.165, 1.54) is 29.6 Å². The second-order valence-corrected chi connectivity index (χ2v) is 10.7. The van der Waals surface area contributed by atoms with Crippen molar-refractivity contribution >= 4 is 27.9 Å². The third kappa shape index (κ3) is 5.88. The summed E-state index contributed by atoms with van der Waals surface area (Å²) in [7, 11) is -2.41. The highest BCUT2D eigenvalue weighted by Gasteiger charge is 2.29. The number of rotatable bonds is 9. The Kier molecular flexibility index (Phi) is 8.45. The van der Waals surface area contributed by atoms with E-state index in [4.69, 9.17) is 14.2 Å². The van der Waals surface area contributed by atoms with Crippen LogP contribution in [0, 0.1) is 13.8 Å². The molecule has 2 heterocycles. The van der Waals surface area contributed by atoms with Gasteiger partial charge >= 0.3 is 5.97 Å². The monoisotopic (exact) mass is 538 g/mol. The van der Waals surface area contributed by atoms with Crippen molar-refractivity contribution in [1.82, 2.24) is 8.87 Å². The Labute approximate surface area is 222 Å². The minimum absolute atomic E-state index is 0.00127. The van der Waals surface area contributed by atoms with Gasteiger partial charge in [-0.2, -0.15) is 4.31 Å². The maximum Gasteiger partial charge on any atom is 0.331 e. The second-order valence-electron chi connectivity index (χ2n) is 8.75. The van der Waals surface area contributed by atoms with Crippen LogP contribution >= 0.6 is 0 Å². The number of carbonyl (C=O) groups is 2. The average Bonchev–Trinajstić information content (AvgIpc) is 3.24. The third-order valence-corrected chi connectivity index (χ3v) is 8.20. The molecule has 1 fully saturated rings. The van der Waals surface area contributed by atoms with Crippen LogP contribution in [0.2, 0.25) is 0 Å². The summed E-state index contributed by atoms with van der Waals surface area (Å²) in [5.74, 6) is -0.830. The van der Waals surface area contributed by atoms with E-state index in [-0.39, 0.29) is 29.5 Å². The molecular weight excluding hydrogens is 508 g/mol. The summed E-state index contributed by atoms with van der Waals surface area (Å²) >= 11 is 0. The van der Waals surface area contributed by atoms with Gasteiger partial charge in [-0.3, -0.25) is 4.79 Å². The summed E-state index contributed by atoms with van der Waals surface area (Å²) in [5, 5.41) is 0. The largest absolute Gasteiger partial charge is 0.495 e. The Hall–Kier alpha value is -3.73. The van der Waals surface area contributed by atoms with E-state index in [0.29, 0.717) is 24.3 Å². The highest BCUT2D eigenvalue weighted by molar-refractivity contribution is 7.89. The summed E-state index contributed by atoms with van der Waals surface area (Å²) in [4.78, 5) is 25.2. The lowest BCUT2D eigenvalue weighted by Crippen LogP contribution is -2.40. The van der Waals surface area contributed by atoms with Crippen LogP contribution in [0.1, 0.15) is 27.3 Å². The van der Waals surface area contributed by atoms with Crippen molar-refractivity contribution in [2.45, 2.75) is 18.7 Å². The molecule has 3 aromatic rings. The smallest absolute Gasteiger partial charge is 0.331 e. The molecule has 10 heteroatoms. The Morgan fingerprint density at radius 3 is 2.42 bits per heavy atom. The fraction of sp³-hybridized carbons (Fsp3) is 0.286. The van der Waals surface area contributed by atoms with Gasteiger partial charge in [-0.05, 0) is 55.8 Å². The zero-order chi connectivity index (χ0) is 27.3. The van der Waals surface area contributed by atoms with E-state index in [9.17, 15) is 18.0 Å². The van der Waals surface area contributed by atoms with E-state index in [0.717, 1.165) is 23.2 Å². The first-order chi connectivity index (χ1) is 18.2. The number of benzene rings is 2. The number of methoxy groups -OCH3 is 1. The van der Waals surface area contributed by atoms with Gasteiger partial charge in [-0.1, -0.05) is 24.3 Å². The molecule has 0 spiro atoms. The number of ketones is 1. The van der Waals surface area contributed by atoms with Crippen LogP contribution in [0.25, 0.3) is 11.8 Å². The molecule has 0 unspecified atom stereocenters. The number of morpholine rings is 1. The number of carbonyl (C=O) groups excluding carboxylic acids is 2. The normalized spacial score (nSPS) is 14.5. The maximum absolute atomic E-state index is 13.1. The van der Waals surface area contributed by atoms with Gasteiger partial charge in [-0.25, -0.2) is 13.2 Å². The molecule has 0 bridgehead atoms. The van der Waals surface area contributed by atoms with Gasteiger partial charge in [0.2, 0.25) is 15.8 Å². The van der Waals surface area contributed by atoms with Crippen molar-refractivity contribution in [2.24, 2.45) is 0 Å². The Morgan fingerprint density at radius 1 is 1.03 bits per heavy atom. The molecule has 0 amide bonds. The van der Waals surface area contributed by atoms with Crippen molar-refractivity contribution in [3.05, 3.63) is 83.2 Å². The molecule has 9 nitrogen and oxygen atoms in total. The summed E-state index contributed by atoms with van der Waals surface area (Å²) in [6, 6.07) is 16.1. The molecule has 38 heavy (non-hydrogen) atoms. The quantitative estimate of drug-likeness (QED) is 0.233. The maximum atomic E-state index is 13.1. The number of esters is 1. The third-order valence-electron chi connectivity index (χ3n) is 6.28. The Morgan fingerprint density at radius 2 is 1.74 bits per heavy atom. The van der Waals surface area contributed by atoms with E-state index in [1.54, 1.807) is 12.1 Å². The fourth-order valence-corrected chi connectivity index (χ4v) is 5.97. The first-order valence-corrected chi connectivity index (χ1v) is 13.5. The first kappa shape index (κ1) is 27.3. The number of para-hydroxylation sites is 1. The number of sulfonamides is 1. The summed E-state index contributed by atoms with van der Waals surface area (Å²) in [6.45, 7) is 4.49. The summed E-state index contributed by atoms with van der Waals surface area (Å²) in [6.07, 6.45) is 2.60. The first-order valence-electron chi connectivity index (χ1n) is 12.1. The zero-order valence-corrected chi connectivity index (χ0v) is 22.4. The van der Waals surface area contributed by atoms with Crippen LogP contribution < -0.4 is 4.74 Å². The van der Waals surface area contributed by atoms with Gasteiger partial charge < -0.3 is 18.8 Å². The second kappa shape index (κ2) is 11.8. The van der Waals surface area contributed by atoms with Gasteiger partial charge in [0.05, 0.1) is 20.3 Å². The lowest BCUT2D eigenvalue weighted by atomic mass is 10.1. The highest BCUT2D eigenvalue weighted by atomic mass is 32.2. The molecule has 0 atom stereocenters. The minimum atomic E-state index is -3.81. The predicted molar refractivity (Wildman–Crippen MR) is 142 cm³/mol. The van der Waals surface area contributed by atoms with Crippen molar-refractivity contribution in [3.8, 4) is 11.4 Å². The molecule has 200 valence electrons. The molecule has 0 radical (unpaired) electrons. The van der Waals surface area contributed by atoms with E-state index in [2.05, 4.69) is 0 Å². The molecule has 0 saturated carbocycles. The van der Waals surface area contributed by atoms with Crippen LogP contribution in [0.3, 0.4) is 0 Å². The summed E-state index contributed by atoms with van der Waals surface area (Å²) in [5.41, 5.74) is 3.54. The van der Waals surface area contributed by atoms with Crippen LogP contribution in [0.5, 0.6) is 5.75 Å². The molecule has 1 saturated heterocycles. The molecule has 0 N–H and O–H groups in total. The number of hydrogen-bond acceptors (Lipinski definition) is 7. The number of aryl methyl sites for hydroxylation is 1. The van der Waals surface area contributed by atoms with E-state index in [1.807, 2.05) is 48.7 Å². The van der Waals surface area contributed by atoms with Crippen molar-refractivity contribution in [1.29, 1.82) is 0 Å². The predicted octanol–water partition coefficient (Wildman–Crippen LogP) is 3.56. The van der Waals surface area contributed by atoms with Crippen molar-refractivity contribution in [3.63, 3.8) is 0 Å². The van der Waals surface area contributed by atoms with Crippen LogP contribution in [-0.2, 0) is 24.3 Å². The number of Topliss-reactive ketones (excluding diaryl/α,β-unsaturated/α-hetero) is 1. The average molecular weight is 539 g/mol. The van der Waals surface area contributed by atoms with Crippen LogP contribution in [0.4, 0.5) is 0 Å². The lowest BCUT2D eigenvalue weighted by molar-refractivity contribution is -0.136. The van der Waals surface area contributed by atoms with Gasteiger partial charge in [0.1, 0.15) is 10.6 Å². The standard InChI is InChI=1S/C28H30N2O7S/c1-20-17-24(21(2)30(20)23-7-5-4-6-8-23)25(31)19-37-28(32)12-10-22-9-11-26(35-3)27(18-22)38(33,34)29-13-15-36-16-14-29/h4-12,17-18H,13-16,19H2,1-3H3/b12-10+. The molecule has 0 aliphatic carbocycles. The lowest BCUT2D eigenvalue weighted by Gasteiger charge is -2.26. The number of hydrogen-bond donors (Lipinski definition) is 0. The van der Waals surface area contributed by atoms with Crippen LogP contribution in [-0.4, -0.2) is 69.1 Å². The zero-order valence-electron chi connectivity index (χ0n) is 21.5. The fourth-order valence-electron chi connectivity index (χ4n) is 4.37. The topological polar surface area (TPSA) is 104 Å². The van der Waals surface area contributed by atoms with Crippen molar-refractivity contribution in [2.75, 3.05) is 40.0 Å². The van der Waals surface area contributed by atoms with Gasteiger partial charge in [0.15, 0.2) is 6.61 Å². The Bertz CT molecular complexity index is 1450. The van der Waals surface area contributed by atoms with Gasteiger partial charge in [0.25, 0.3) is 0 Å². The minimum Gasteiger partial charge on any atom is -0.495 e. The van der Waals surface area contributed by atoms with Gasteiger partial charge in [0, 0.05) is 41.8 Å². The van der Waals surface area contributed by atoms with E-state index < -0.39 is 22.6 Å². The molecule has 1 aliphatic rings. The SMILES string of the molecule is COc1ccc(/C=C/C(=O)OCC(=O)c2cc(C)n(-c3ccccc3)c2C)cc1S(=O)(=O)N1CCOCC1.